The van der Waals surface area contributed by atoms with Crippen LogP contribution >= 0.6 is 0 Å². The minimum Gasteiger partial charge on any atom is -0.388 e. The highest BCUT2D eigenvalue weighted by Crippen LogP contribution is 2.18. The van der Waals surface area contributed by atoms with E-state index in [2.05, 4.69) is 0 Å². The summed E-state index contributed by atoms with van der Waals surface area (Å²) in [6, 6.07) is -0.326. The summed E-state index contributed by atoms with van der Waals surface area (Å²) in [6.07, 6.45) is 0. The molecule has 0 aromatic heterocycles. The molecule has 0 aromatic rings. The first-order valence-corrected chi connectivity index (χ1v) is 3.61. The van der Waals surface area contributed by atoms with E-state index in [4.69, 9.17) is 11.5 Å². The summed E-state index contributed by atoms with van der Waals surface area (Å²) in [4.78, 5) is 0. The lowest BCUT2D eigenvalue weighted by molar-refractivity contribution is -0.00831. The molecule has 0 aliphatic heterocycles. The van der Waals surface area contributed by atoms with Gasteiger partial charge < -0.3 is 16.6 Å². The number of nitrogens with two attached hydrogens (primary N) is 2. The Bertz CT molecular complexity index is 102. The molecule has 0 saturated heterocycles. The Balaban J connectivity index is 4.09. The highest BCUT2D eigenvalue weighted by Gasteiger charge is 2.31. The van der Waals surface area contributed by atoms with E-state index in [-0.39, 0.29) is 12.0 Å². The number of hydrogen-bond acceptors (Lipinski definition) is 3. The van der Waals surface area contributed by atoms with Crippen LogP contribution in [0.2, 0.25) is 0 Å². The molecule has 10 heavy (non-hydrogen) atoms. The third-order valence-corrected chi connectivity index (χ3v) is 2.17. The van der Waals surface area contributed by atoms with E-state index < -0.39 is 5.60 Å². The predicted molar refractivity (Wildman–Crippen MR) is 42.5 cm³/mol. The first-order chi connectivity index (χ1) is 4.42. The van der Waals surface area contributed by atoms with Crippen LogP contribution in [-0.2, 0) is 0 Å². The fourth-order valence-corrected chi connectivity index (χ4v) is 0.667. The largest absolute Gasteiger partial charge is 0.388 e. The molecule has 2 unspecified atom stereocenters. The van der Waals surface area contributed by atoms with Crippen LogP contribution < -0.4 is 11.5 Å². The van der Waals surface area contributed by atoms with Crippen molar-refractivity contribution in [2.75, 3.05) is 6.54 Å². The highest BCUT2D eigenvalue weighted by atomic mass is 16.3. The molecule has 62 valence electrons. The Kier molecular flexibility index (Phi) is 3.28. The molecule has 3 heteroatoms. The van der Waals surface area contributed by atoms with Crippen molar-refractivity contribution in [1.29, 1.82) is 0 Å². The minimum atomic E-state index is -0.839. The third-order valence-electron chi connectivity index (χ3n) is 2.17. The van der Waals surface area contributed by atoms with Crippen LogP contribution in [0.4, 0.5) is 0 Å². The normalized spacial score (nSPS) is 20.7. The van der Waals surface area contributed by atoms with Gasteiger partial charge in [-0.15, -0.1) is 0 Å². The van der Waals surface area contributed by atoms with Crippen LogP contribution in [0.1, 0.15) is 20.8 Å². The van der Waals surface area contributed by atoms with Crippen LogP contribution in [-0.4, -0.2) is 23.3 Å². The first-order valence-electron chi connectivity index (χ1n) is 3.61. The molecular weight excluding hydrogens is 128 g/mol. The second-order valence-electron chi connectivity index (χ2n) is 3.22. The van der Waals surface area contributed by atoms with Gasteiger partial charge in [0.15, 0.2) is 0 Å². The van der Waals surface area contributed by atoms with Gasteiger partial charge in [0.05, 0.1) is 5.60 Å². The quantitative estimate of drug-likeness (QED) is 0.511. The molecule has 0 aromatic carbocycles. The van der Waals surface area contributed by atoms with Crippen LogP contribution in [0, 0.1) is 5.92 Å². The van der Waals surface area contributed by atoms with Crippen LogP contribution in [0.3, 0.4) is 0 Å². The van der Waals surface area contributed by atoms with E-state index in [1.165, 1.54) is 0 Å². The van der Waals surface area contributed by atoms with E-state index in [1.54, 1.807) is 6.92 Å². The molecule has 0 heterocycles. The lowest BCUT2D eigenvalue weighted by atomic mass is 9.86. The molecular formula is C7H18N2O. The Morgan fingerprint density at radius 1 is 1.50 bits per heavy atom. The maximum Gasteiger partial charge on any atom is 0.0804 e. The monoisotopic (exact) mass is 146 g/mol. The summed E-state index contributed by atoms with van der Waals surface area (Å²) >= 11 is 0. The first kappa shape index (κ1) is 9.88. The van der Waals surface area contributed by atoms with E-state index >= 15 is 0 Å². The van der Waals surface area contributed by atoms with E-state index in [1.807, 2.05) is 13.8 Å². The molecule has 5 N–H and O–H groups in total. The number of aliphatic hydroxyl groups is 1. The van der Waals surface area contributed by atoms with Gasteiger partial charge in [0.2, 0.25) is 0 Å². The minimum absolute atomic E-state index is 0.144. The Hall–Kier alpha value is -0.120. The smallest absolute Gasteiger partial charge is 0.0804 e. The summed E-state index contributed by atoms with van der Waals surface area (Å²) in [5.74, 6) is 0.144. The lowest BCUT2D eigenvalue weighted by Crippen LogP contribution is -2.53. The fraction of sp³-hybridized carbons (Fsp3) is 1.00. The van der Waals surface area contributed by atoms with Crippen molar-refractivity contribution in [2.24, 2.45) is 17.4 Å². The molecule has 0 amide bonds. The molecule has 0 aliphatic carbocycles. The summed E-state index contributed by atoms with van der Waals surface area (Å²) in [6.45, 7) is 5.89. The Labute approximate surface area is 62.4 Å². The van der Waals surface area contributed by atoms with Gasteiger partial charge in [-0.05, 0) is 12.8 Å². The zero-order chi connectivity index (χ0) is 8.36. The second kappa shape index (κ2) is 3.32. The maximum atomic E-state index is 9.66. The molecule has 0 radical (unpaired) electrons. The molecule has 2 atom stereocenters. The van der Waals surface area contributed by atoms with Gasteiger partial charge in [-0.3, -0.25) is 0 Å². The van der Waals surface area contributed by atoms with Crippen molar-refractivity contribution in [3.8, 4) is 0 Å². The van der Waals surface area contributed by atoms with Gasteiger partial charge in [0.1, 0.15) is 0 Å². The van der Waals surface area contributed by atoms with Crippen molar-refractivity contribution >= 4 is 0 Å². The molecule has 0 saturated carbocycles. The van der Waals surface area contributed by atoms with Crippen molar-refractivity contribution in [3.05, 3.63) is 0 Å². The highest BCUT2D eigenvalue weighted by molar-refractivity contribution is 4.88. The van der Waals surface area contributed by atoms with Gasteiger partial charge in [0, 0.05) is 12.6 Å². The summed E-state index contributed by atoms with van der Waals surface area (Å²) in [5, 5.41) is 9.66. The maximum absolute atomic E-state index is 9.66. The Morgan fingerprint density at radius 3 is 2.00 bits per heavy atom. The summed E-state index contributed by atoms with van der Waals surface area (Å²) in [5.41, 5.74) is 10.0. The van der Waals surface area contributed by atoms with Gasteiger partial charge in [0.25, 0.3) is 0 Å². The average molecular weight is 146 g/mol. The molecule has 0 bridgehead atoms. The van der Waals surface area contributed by atoms with Gasteiger partial charge >= 0.3 is 0 Å². The Morgan fingerprint density at radius 2 is 1.90 bits per heavy atom. The van der Waals surface area contributed by atoms with Crippen molar-refractivity contribution in [3.63, 3.8) is 0 Å². The van der Waals surface area contributed by atoms with Crippen LogP contribution in [0.15, 0.2) is 0 Å². The topological polar surface area (TPSA) is 72.3 Å². The third kappa shape index (κ3) is 1.94. The molecule has 0 fully saturated rings. The SMILES string of the molecule is CC(C)C(C)(O)C(N)CN. The molecule has 0 rings (SSSR count). The van der Waals surface area contributed by atoms with E-state index in [0.717, 1.165) is 0 Å². The predicted octanol–water partition coefficient (Wildman–Crippen LogP) is -0.321. The van der Waals surface area contributed by atoms with Crippen LogP contribution in [0.5, 0.6) is 0 Å². The van der Waals surface area contributed by atoms with Crippen LogP contribution in [0.25, 0.3) is 0 Å². The van der Waals surface area contributed by atoms with Gasteiger partial charge in [-0.2, -0.15) is 0 Å². The van der Waals surface area contributed by atoms with Gasteiger partial charge in [-0.1, -0.05) is 13.8 Å². The van der Waals surface area contributed by atoms with E-state index in [0.29, 0.717) is 6.54 Å². The summed E-state index contributed by atoms with van der Waals surface area (Å²) < 4.78 is 0. The average Bonchev–Trinajstić information content (AvgIpc) is 1.86. The standard InChI is InChI=1S/C7H18N2O/c1-5(2)7(3,10)6(9)4-8/h5-6,10H,4,8-9H2,1-3H3. The zero-order valence-electron chi connectivity index (χ0n) is 6.96. The van der Waals surface area contributed by atoms with E-state index in [9.17, 15) is 5.11 Å². The summed E-state index contributed by atoms with van der Waals surface area (Å²) in [7, 11) is 0. The fourth-order valence-electron chi connectivity index (χ4n) is 0.667. The zero-order valence-corrected chi connectivity index (χ0v) is 6.96. The van der Waals surface area contributed by atoms with Crippen molar-refractivity contribution < 1.29 is 5.11 Å². The number of hydrogen-bond donors (Lipinski definition) is 3. The second-order valence-corrected chi connectivity index (χ2v) is 3.22. The van der Waals surface area contributed by atoms with Gasteiger partial charge in [-0.25, -0.2) is 0 Å². The molecule has 0 aliphatic rings. The number of rotatable bonds is 3. The molecule has 0 spiro atoms. The lowest BCUT2D eigenvalue weighted by Gasteiger charge is -2.32. The van der Waals surface area contributed by atoms with Crippen molar-refractivity contribution in [2.45, 2.75) is 32.4 Å². The molecule has 3 nitrogen and oxygen atoms in total. The van der Waals surface area contributed by atoms with Crippen molar-refractivity contribution in [1.82, 2.24) is 0 Å².